The summed E-state index contributed by atoms with van der Waals surface area (Å²) in [5, 5.41) is 13.2. The van der Waals surface area contributed by atoms with Crippen LogP contribution < -0.4 is 11.4 Å². The molecule has 20 heavy (non-hydrogen) atoms. The number of benzene rings is 1. The van der Waals surface area contributed by atoms with Gasteiger partial charge in [-0.1, -0.05) is 24.0 Å². The van der Waals surface area contributed by atoms with Crippen molar-refractivity contribution in [3.63, 3.8) is 0 Å². The first-order valence-electron chi connectivity index (χ1n) is 6.22. The van der Waals surface area contributed by atoms with Gasteiger partial charge < -0.3 is 5.11 Å². The van der Waals surface area contributed by atoms with E-state index >= 15 is 0 Å². The Balaban J connectivity index is 2.25. The van der Waals surface area contributed by atoms with E-state index in [1.807, 2.05) is 24.3 Å². The molecule has 0 aliphatic heterocycles. The molecule has 2 rings (SSSR count). The van der Waals surface area contributed by atoms with Crippen LogP contribution in [0.25, 0.3) is 0 Å². The standard InChI is InChI=1S/C14H15N3O3/c1-10(17-13(19)15-16-14(17)20)12-7-5-11(6-8-12)4-2-3-9-18/h5-8,10,18H,3,9H2,1H3,(H,15,19)(H,16,20). The van der Waals surface area contributed by atoms with Crippen molar-refractivity contribution in [3.05, 3.63) is 56.4 Å². The zero-order chi connectivity index (χ0) is 14.5. The van der Waals surface area contributed by atoms with Crippen LogP contribution >= 0.6 is 0 Å². The van der Waals surface area contributed by atoms with Crippen molar-refractivity contribution in [2.24, 2.45) is 0 Å². The van der Waals surface area contributed by atoms with Crippen molar-refractivity contribution in [1.82, 2.24) is 14.8 Å². The summed E-state index contributed by atoms with van der Waals surface area (Å²) in [6, 6.07) is 6.93. The number of aliphatic hydroxyl groups is 1. The van der Waals surface area contributed by atoms with Crippen LogP contribution in [0, 0.1) is 11.8 Å². The molecule has 0 aliphatic carbocycles. The van der Waals surface area contributed by atoms with Crippen LogP contribution in [-0.4, -0.2) is 26.5 Å². The molecule has 0 bridgehead atoms. The number of rotatable bonds is 3. The molecule has 3 N–H and O–H groups in total. The maximum absolute atomic E-state index is 11.5. The minimum atomic E-state index is -0.464. The van der Waals surface area contributed by atoms with Gasteiger partial charge in [0.2, 0.25) is 0 Å². The molecule has 0 amide bonds. The fourth-order valence-electron chi connectivity index (χ4n) is 1.89. The minimum absolute atomic E-state index is 0.0430. The monoisotopic (exact) mass is 273 g/mol. The smallest absolute Gasteiger partial charge is 0.344 e. The average Bonchev–Trinajstić information content (AvgIpc) is 2.78. The van der Waals surface area contributed by atoms with Crippen LogP contribution in [0.5, 0.6) is 0 Å². The zero-order valence-corrected chi connectivity index (χ0v) is 11.0. The molecule has 1 aromatic carbocycles. The van der Waals surface area contributed by atoms with Gasteiger partial charge in [0.05, 0.1) is 12.6 Å². The average molecular weight is 273 g/mol. The number of aromatic amines is 2. The molecule has 0 radical (unpaired) electrons. The van der Waals surface area contributed by atoms with Crippen LogP contribution in [0.4, 0.5) is 0 Å². The molecular weight excluding hydrogens is 258 g/mol. The predicted molar refractivity (Wildman–Crippen MR) is 74.5 cm³/mol. The van der Waals surface area contributed by atoms with Crippen LogP contribution in [0.2, 0.25) is 0 Å². The summed E-state index contributed by atoms with van der Waals surface area (Å²) in [5.41, 5.74) is 0.735. The lowest BCUT2D eigenvalue weighted by Crippen LogP contribution is -2.30. The van der Waals surface area contributed by atoms with Gasteiger partial charge in [-0.2, -0.15) is 0 Å². The van der Waals surface area contributed by atoms with Gasteiger partial charge in [0, 0.05) is 12.0 Å². The van der Waals surface area contributed by atoms with E-state index in [2.05, 4.69) is 22.0 Å². The van der Waals surface area contributed by atoms with Crippen LogP contribution in [0.1, 0.15) is 30.5 Å². The minimum Gasteiger partial charge on any atom is -0.395 e. The first kappa shape index (κ1) is 13.9. The second kappa shape index (κ2) is 6.08. The SMILES string of the molecule is CC(c1ccc(C#CCCO)cc1)n1c(=O)[nH][nH]c1=O. The third kappa shape index (κ3) is 2.90. The molecular formula is C14H15N3O3. The van der Waals surface area contributed by atoms with Gasteiger partial charge in [0.15, 0.2) is 0 Å². The summed E-state index contributed by atoms with van der Waals surface area (Å²) in [6.07, 6.45) is 0.437. The normalized spacial score (nSPS) is 11.7. The second-order valence-corrected chi connectivity index (χ2v) is 4.30. The number of hydrogen-bond donors (Lipinski definition) is 3. The summed E-state index contributed by atoms with van der Waals surface area (Å²) >= 11 is 0. The van der Waals surface area contributed by atoms with Crippen LogP contribution in [-0.2, 0) is 0 Å². The van der Waals surface area contributed by atoms with E-state index in [9.17, 15) is 9.59 Å². The maximum atomic E-state index is 11.5. The van der Waals surface area contributed by atoms with E-state index in [0.29, 0.717) is 6.42 Å². The molecule has 1 unspecified atom stereocenters. The Labute approximate surface area is 115 Å². The van der Waals surface area contributed by atoms with Gasteiger partial charge in [0.25, 0.3) is 0 Å². The van der Waals surface area contributed by atoms with E-state index in [-0.39, 0.29) is 12.6 Å². The van der Waals surface area contributed by atoms with Crippen LogP contribution in [0.15, 0.2) is 33.9 Å². The number of nitrogens with zero attached hydrogens (tertiary/aromatic N) is 1. The number of hydrogen-bond acceptors (Lipinski definition) is 3. The van der Waals surface area contributed by atoms with Crippen molar-refractivity contribution in [1.29, 1.82) is 0 Å². The molecule has 0 aliphatic rings. The molecule has 6 heteroatoms. The molecule has 1 atom stereocenters. The fraction of sp³-hybridized carbons (Fsp3) is 0.286. The summed E-state index contributed by atoms with van der Waals surface area (Å²) < 4.78 is 1.12. The lowest BCUT2D eigenvalue weighted by molar-refractivity contribution is 0.305. The highest BCUT2D eigenvalue weighted by atomic mass is 16.2. The molecule has 0 spiro atoms. The van der Waals surface area contributed by atoms with Gasteiger partial charge in [-0.25, -0.2) is 24.4 Å². The van der Waals surface area contributed by atoms with E-state index < -0.39 is 11.4 Å². The van der Waals surface area contributed by atoms with E-state index in [4.69, 9.17) is 5.11 Å². The van der Waals surface area contributed by atoms with E-state index in [1.54, 1.807) is 6.92 Å². The van der Waals surface area contributed by atoms with Gasteiger partial charge in [-0.3, -0.25) is 0 Å². The molecule has 1 heterocycles. The number of aromatic nitrogens is 3. The van der Waals surface area contributed by atoms with Crippen molar-refractivity contribution >= 4 is 0 Å². The Morgan fingerprint density at radius 1 is 1.20 bits per heavy atom. The zero-order valence-electron chi connectivity index (χ0n) is 11.0. The van der Waals surface area contributed by atoms with Gasteiger partial charge in [-0.15, -0.1) is 0 Å². The molecule has 104 valence electrons. The first-order chi connectivity index (χ1) is 9.63. The number of nitrogens with one attached hydrogen (secondary N) is 2. The Bertz CT molecular complexity index is 713. The highest BCUT2D eigenvalue weighted by Crippen LogP contribution is 2.14. The Hall–Kier alpha value is -2.52. The Morgan fingerprint density at radius 2 is 1.80 bits per heavy atom. The van der Waals surface area contributed by atoms with Crippen molar-refractivity contribution in [3.8, 4) is 11.8 Å². The van der Waals surface area contributed by atoms with Crippen LogP contribution in [0.3, 0.4) is 0 Å². The maximum Gasteiger partial charge on any atom is 0.344 e. The third-order valence-corrected chi connectivity index (χ3v) is 2.96. The highest BCUT2D eigenvalue weighted by Gasteiger charge is 2.13. The Morgan fingerprint density at radius 3 is 2.35 bits per heavy atom. The summed E-state index contributed by atoms with van der Waals surface area (Å²) in [6.45, 7) is 1.82. The fourth-order valence-corrected chi connectivity index (χ4v) is 1.89. The molecule has 1 aromatic heterocycles. The Kier molecular flexibility index (Phi) is 4.23. The molecule has 0 saturated carbocycles. The van der Waals surface area contributed by atoms with Crippen molar-refractivity contribution < 1.29 is 5.11 Å². The predicted octanol–water partition coefficient (Wildman–Crippen LogP) is 0.208. The summed E-state index contributed by atoms with van der Waals surface area (Å²) in [4.78, 5) is 23.1. The van der Waals surface area contributed by atoms with E-state index in [0.717, 1.165) is 15.7 Å². The third-order valence-electron chi connectivity index (χ3n) is 2.96. The summed E-state index contributed by atoms with van der Waals surface area (Å²) in [5.74, 6) is 5.75. The largest absolute Gasteiger partial charge is 0.395 e. The molecule has 0 fully saturated rings. The topological polar surface area (TPSA) is 90.9 Å². The number of H-pyrrole nitrogens is 2. The van der Waals surface area contributed by atoms with Crippen molar-refractivity contribution in [2.45, 2.75) is 19.4 Å². The molecule has 6 nitrogen and oxygen atoms in total. The molecule has 2 aromatic rings. The van der Waals surface area contributed by atoms with Crippen molar-refractivity contribution in [2.75, 3.05) is 6.61 Å². The highest BCUT2D eigenvalue weighted by molar-refractivity contribution is 5.37. The van der Waals surface area contributed by atoms with Gasteiger partial charge in [-0.05, 0) is 24.6 Å². The number of aliphatic hydroxyl groups excluding tert-OH is 1. The second-order valence-electron chi connectivity index (χ2n) is 4.30. The lowest BCUT2D eigenvalue weighted by atomic mass is 10.1. The summed E-state index contributed by atoms with van der Waals surface area (Å²) in [7, 11) is 0. The quantitative estimate of drug-likeness (QED) is 0.698. The van der Waals surface area contributed by atoms with Gasteiger partial charge >= 0.3 is 11.4 Å². The lowest BCUT2D eigenvalue weighted by Gasteiger charge is -2.10. The van der Waals surface area contributed by atoms with Gasteiger partial charge in [0.1, 0.15) is 0 Å². The van der Waals surface area contributed by atoms with E-state index in [1.165, 1.54) is 0 Å². The molecule has 0 saturated heterocycles. The first-order valence-corrected chi connectivity index (χ1v) is 6.22.